The lowest BCUT2D eigenvalue weighted by Crippen LogP contribution is -2.34. The molecule has 146 valence electrons. The van der Waals surface area contributed by atoms with E-state index in [1.165, 1.54) is 38.1 Å². The molecular formula is C21H23N3O4. The Labute approximate surface area is 164 Å². The van der Waals surface area contributed by atoms with E-state index in [1.807, 2.05) is 0 Å². The number of esters is 1. The molecule has 0 saturated heterocycles. The number of ketones is 2. The Morgan fingerprint density at radius 3 is 1.93 bits per heavy atom. The Morgan fingerprint density at radius 1 is 0.857 bits per heavy atom. The summed E-state index contributed by atoms with van der Waals surface area (Å²) >= 11 is 0. The summed E-state index contributed by atoms with van der Waals surface area (Å²) in [5.74, 6) is -1.52. The fraction of sp³-hybridized carbons (Fsp3) is 0.286. The molecule has 2 rings (SSSR count). The molecule has 0 atom stereocenters. The van der Waals surface area contributed by atoms with Gasteiger partial charge in [-0.1, -0.05) is 35.6 Å². The molecule has 2 aromatic carbocycles. The zero-order valence-electron chi connectivity index (χ0n) is 16.6. The number of hydrogen-bond donors (Lipinski definition) is 0. The summed E-state index contributed by atoms with van der Waals surface area (Å²) in [6, 6.07) is 13.0. The molecule has 0 heterocycles. The van der Waals surface area contributed by atoms with Crippen LogP contribution in [0.3, 0.4) is 0 Å². The lowest BCUT2D eigenvalue weighted by molar-refractivity contribution is 0.0589. The number of methoxy groups -OCH3 is 1. The second kappa shape index (κ2) is 8.56. The standard InChI is InChI=1S/C21H23N3O4/c1-21(2,18(25)14-10-6-7-11-15(14)20(27)28-5)19(26)16-12-8-9-13-17(16)22-23-24(3)4/h6-13H,1-5H3. The van der Waals surface area contributed by atoms with Crippen molar-refractivity contribution < 1.29 is 19.1 Å². The molecule has 0 aliphatic carbocycles. The maximum atomic E-state index is 13.2. The highest BCUT2D eigenvalue weighted by atomic mass is 16.5. The Morgan fingerprint density at radius 2 is 1.36 bits per heavy atom. The Kier molecular flexibility index (Phi) is 6.41. The molecule has 0 radical (unpaired) electrons. The van der Waals surface area contributed by atoms with Crippen molar-refractivity contribution in [3.05, 3.63) is 65.2 Å². The summed E-state index contributed by atoms with van der Waals surface area (Å²) in [7, 11) is 4.67. The maximum Gasteiger partial charge on any atom is 0.338 e. The monoisotopic (exact) mass is 381 g/mol. The normalized spacial score (nSPS) is 11.3. The van der Waals surface area contributed by atoms with Gasteiger partial charge in [-0.05, 0) is 32.0 Å². The van der Waals surface area contributed by atoms with Crippen LogP contribution in [0.5, 0.6) is 0 Å². The average molecular weight is 381 g/mol. The van der Waals surface area contributed by atoms with Crippen molar-refractivity contribution in [1.29, 1.82) is 0 Å². The van der Waals surface area contributed by atoms with Crippen LogP contribution in [0, 0.1) is 5.41 Å². The van der Waals surface area contributed by atoms with Gasteiger partial charge in [-0.15, -0.1) is 5.11 Å². The summed E-state index contributed by atoms with van der Waals surface area (Å²) in [5, 5.41) is 9.51. The molecule has 0 amide bonds. The van der Waals surface area contributed by atoms with Crippen LogP contribution in [0.4, 0.5) is 5.69 Å². The molecule has 2 aromatic rings. The molecule has 0 spiro atoms. The van der Waals surface area contributed by atoms with Crippen molar-refractivity contribution >= 4 is 23.2 Å². The molecule has 0 unspecified atom stereocenters. The third-order valence-corrected chi connectivity index (χ3v) is 4.19. The molecular weight excluding hydrogens is 358 g/mol. The van der Waals surface area contributed by atoms with E-state index in [1.54, 1.807) is 50.5 Å². The van der Waals surface area contributed by atoms with Gasteiger partial charge in [0.25, 0.3) is 0 Å². The van der Waals surface area contributed by atoms with E-state index in [9.17, 15) is 14.4 Å². The first-order valence-corrected chi connectivity index (χ1v) is 8.65. The molecule has 7 nitrogen and oxygen atoms in total. The second-order valence-electron chi connectivity index (χ2n) is 6.87. The van der Waals surface area contributed by atoms with E-state index in [0.29, 0.717) is 5.69 Å². The van der Waals surface area contributed by atoms with Gasteiger partial charge >= 0.3 is 5.97 Å². The van der Waals surface area contributed by atoms with Gasteiger partial charge < -0.3 is 4.74 Å². The number of benzene rings is 2. The van der Waals surface area contributed by atoms with Gasteiger partial charge in [0, 0.05) is 25.2 Å². The number of rotatable bonds is 7. The highest BCUT2D eigenvalue weighted by Gasteiger charge is 2.39. The quantitative estimate of drug-likeness (QED) is 0.237. The minimum absolute atomic E-state index is 0.122. The molecule has 0 aromatic heterocycles. The van der Waals surface area contributed by atoms with Crippen molar-refractivity contribution in [1.82, 2.24) is 5.01 Å². The van der Waals surface area contributed by atoms with Crippen LogP contribution in [0.2, 0.25) is 0 Å². The average Bonchev–Trinajstić information content (AvgIpc) is 2.70. The zero-order chi connectivity index (χ0) is 20.9. The van der Waals surface area contributed by atoms with Gasteiger partial charge in [0.05, 0.1) is 23.8 Å². The van der Waals surface area contributed by atoms with Crippen LogP contribution in [-0.4, -0.2) is 43.7 Å². The van der Waals surface area contributed by atoms with Gasteiger partial charge in [-0.2, -0.15) is 0 Å². The van der Waals surface area contributed by atoms with Gasteiger partial charge in [0.1, 0.15) is 0 Å². The van der Waals surface area contributed by atoms with E-state index in [4.69, 9.17) is 4.74 Å². The fourth-order valence-electron chi connectivity index (χ4n) is 2.64. The van der Waals surface area contributed by atoms with Crippen LogP contribution in [0.1, 0.15) is 44.9 Å². The predicted octanol–water partition coefficient (Wildman–Crippen LogP) is 4.13. The Balaban J connectivity index is 2.47. The minimum atomic E-state index is -1.42. The van der Waals surface area contributed by atoms with E-state index in [2.05, 4.69) is 10.3 Å². The van der Waals surface area contributed by atoms with Crippen LogP contribution in [-0.2, 0) is 4.74 Å². The van der Waals surface area contributed by atoms with Gasteiger partial charge in [0.2, 0.25) is 0 Å². The molecule has 0 aliphatic heterocycles. The second-order valence-corrected chi connectivity index (χ2v) is 6.87. The highest BCUT2D eigenvalue weighted by molar-refractivity contribution is 6.22. The molecule has 7 heteroatoms. The fourth-order valence-corrected chi connectivity index (χ4v) is 2.64. The first kappa shape index (κ1) is 21.0. The first-order chi connectivity index (χ1) is 13.2. The van der Waals surface area contributed by atoms with E-state index in [0.717, 1.165) is 0 Å². The molecule has 0 N–H and O–H groups in total. The van der Waals surface area contributed by atoms with Gasteiger partial charge in [-0.3, -0.25) is 14.6 Å². The zero-order valence-corrected chi connectivity index (χ0v) is 16.6. The van der Waals surface area contributed by atoms with E-state index in [-0.39, 0.29) is 16.7 Å². The molecule has 28 heavy (non-hydrogen) atoms. The van der Waals surface area contributed by atoms with Crippen LogP contribution in [0.15, 0.2) is 58.9 Å². The van der Waals surface area contributed by atoms with Gasteiger partial charge in [-0.25, -0.2) is 4.79 Å². The van der Waals surface area contributed by atoms with Gasteiger partial charge in [0.15, 0.2) is 11.6 Å². The number of hydrogen-bond acceptors (Lipinski definition) is 6. The number of Topliss-reactive ketones (excluding diaryl/α,β-unsaturated/α-hetero) is 2. The minimum Gasteiger partial charge on any atom is -0.465 e. The maximum absolute atomic E-state index is 13.2. The smallest absolute Gasteiger partial charge is 0.338 e. The highest BCUT2D eigenvalue weighted by Crippen LogP contribution is 2.32. The number of carbonyl (C=O) groups excluding carboxylic acids is 3. The summed E-state index contributed by atoms with van der Waals surface area (Å²) in [6.07, 6.45) is 0. The van der Waals surface area contributed by atoms with E-state index >= 15 is 0 Å². The third kappa shape index (κ3) is 4.31. The molecule has 0 bridgehead atoms. The van der Waals surface area contributed by atoms with Crippen molar-refractivity contribution in [2.24, 2.45) is 15.8 Å². The Hall–Kier alpha value is -3.35. The largest absolute Gasteiger partial charge is 0.465 e. The third-order valence-electron chi connectivity index (χ3n) is 4.19. The summed E-state index contributed by atoms with van der Waals surface area (Å²) in [4.78, 5) is 38.5. The summed E-state index contributed by atoms with van der Waals surface area (Å²) < 4.78 is 4.75. The molecule has 0 saturated carbocycles. The topological polar surface area (TPSA) is 88.4 Å². The lowest BCUT2D eigenvalue weighted by atomic mass is 9.76. The van der Waals surface area contributed by atoms with Crippen LogP contribution in [0.25, 0.3) is 0 Å². The van der Waals surface area contributed by atoms with Crippen LogP contribution >= 0.6 is 0 Å². The summed E-state index contributed by atoms with van der Waals surface area (Å²) in [6.45, 7) is 3.07. The number of nitrogens with zero attached hydrogens (tertiary/aromatic N) is 3. The van der Waals surface area contributed by atoms with Crippen LogP contribution < -0.4 is 0 Å². The number of carbonyl (C=O) groups is 3. The SMILES string of the molecule is COC(=O)c1ccccc1C(=O)C(C)(C)C(=O)c1ccccc1N=NN(C)C. The summed E-state index contributed by atoms with van der Waals surface area (Å²) in [5.41, 5.74) is -0.518. The predicted molar refractivity (Wildman–Crippen MR) is 105 cm³/mol. The lowest BCUT2D eigenvalue weighted by Gasteiger charge is -2.23. The van der Waals surface area contributed by atoms with Crippen molar-refractivity contribution in [2.75, 3.05) is 21.2 Å². The van der Waals surface area contributed by atoms with E-state index < -0.39 is 23.0 Å². The first-order valence-electron chi connectivity index (χ1n) is 8.65. The molecule has 0 fully saturated rings. The Bertz CT molecular complexity index is 933. The molecule has 0 aliphatic rings. The van der Waals surface area contributed by atoms with Crippen molar-refractivity contribution in [3.63, 3.8) is 0 Å². The number of ether oxygens (including phenoxy) is 1. The van der Waals surface area contributed by atoms with Crippen molar-refractivity contribution in [2.45, 2.75) is 13.8 Å². The van der Waals surface area contributed by atoms with Crippen molar-refractivity contribution in [3.8, 4) is 0 Å².